The Hall–Kier alpha value is -2.32. The maximum absolute atomic E-state index is 13.0. The lowest BCUT2D eigenvalue weighted by Crippen LogP contribution is -2.35. The van der Waals surface area contributed by atoms with Crippen LogP contribution < -0.4 is 10.1 Å². The maximum Gasteiger partial charge on any atom is 0.272 e. The van der Waals surface area contributed by atoms with E-state index in [2.05, 4.69) is 5.32 Å². The first-order valence-corrected chi connectivity index (χ1v) is 10.4. The first-order chi connectivity index (χ1) is 12.9. The van der Waals surface area contributed by atoms with Gasteiger partial charge >= 0.3 is 0 Å². The fourth-order valence-electron chi connectivity index (χ4n) is 3.33. The SMILES string of the molecule is COc1ccccc1NC(=O)c1cc(S(=O)(=O)N2CCCCC2)c(C)n1C. The van der Waals surface area contributed by atoms with E-state index >= 15 is 0 Å². The van der Waals surface area contributed by atoms with Crippen LogP contribution in [0.4, 0.5) is 5.69 Å². The molecular formula is C19H25N3O4S. The second-order valence-electron chi connectivity index (χ2n) is 6.66. The van der Waals surface area contributed by atoms with Gasteiger partial charge in [-0.05, 0) is 38.0 Å². The molecule has 0 saturated carbocycles. The van der Waals surface area contributed by atoms with Crippen molar-refractivity contribution in [1.82, 2.24) is 8.87 Å². The second-order valence-corrected chi connectivity index (χ2v) is 8.56. The van der Waals surface area contributed by atoms with E-state index in [1.807, 2.05) is 6.07 Å². The van der Waals surface area contributed by atoms with Gasteiger partial charge in [0.05, 0.1) is 12.8 Å². The largest absolute Gasteiger partial charge is 0.495 e. The Morgan fingerprint density at radius 1 is 1.15 bits per heavy atom. The first-order valence-electron chi connectivity index (χ1n) is 8.97. The minimum Gasteiger partial charge on any atom is -0.495 e. The predicted molar refractivity (Wildman–Crippen MR) is 104 cm³/mol. The number of amides is 1. The molecule has 1 fully saturated rings. The molecule has 8 heteroatoms. The summed E-state index contributed by atoms with van der Waals surface area (Å²) >= 11 is 0. The Morgan fingerprint density at radius 2 is 1.81 bits per heavy atom. The predicted octanol–water partition coefficient (Wildman–Crippen LogP) is 2.77. The van der Waals surface area contributed by atoms with Gasteiger partial charge in [0.25, 0.3) is 5.91 Å². The van der Waals surface area contributed by atoms with Crippen molar-refractivity contribution in [2.24, 2.45) is 7.05 Å². The molecule has 1 aliphatic rings. The molecule has 2 heterocycles. The number of piperidine rings is 1. The average molecular weight is 391 g/mol. The summed E-state index contributed by atoms with van der Waals surface area (Å²) < 4.78 is 34.4. The average Bonchev–Trinajstić information content (AvgIpc) is 2.98. The number of hydrogen-bond donors (Lipinski definition) is 1. The molecule has 0 unspecified atom stereocenters. The lowest BCUT2D eigenvalue weighted by molar-refractivity contribution is 0.101. The zero-order valence-electron chi connectivity index (χ0n) is 15.9. The molecule has 0 aliphatic carbocycles. The highest BCUT2D eigenvalue weighted by molar-refractivity contribution is 7.89. The number of carbonyl (C=O) groups is 1. The van der Waals surface area contributed by atoms with Crippen molar-refractivity contribution in [3.63, 3.8) is 0 Å². The summed E-state index contributed by atoms with van der Waals surface area (Å²) in [4.78, 5) is 13.0. The number of ether oxygens (including phenoxy) is 1. The molecule has 7 nitrogen and oxygen atoms in total. The third-order valence-corrected chi connectivity index (χ3v) is 7.02. The van der Waals surface area contributed by atoms with E-state index in [1.165, 1.54) is 17.5 Å². The van der Waals surface area contributed by atoms with E-state index in [9.17, 15) is 13.2 Å². The van der Waals surface area contributed by atoms with Gasteiger partial charge in [-0.3, -0.25) is 4.79 Å². The molecule has 0 spiro atoms. The number of rotatable bonds is 5. The third-order valence-electron chi connectivity index (χ3n) is 5.01. The zero-order chi connectivity index (χ0) is 19.6. The lowest BCUT2D eigenvalue weighted by atomic mass is 10.2. The van der Waals surface area contributed by atoms with Crippen molar-refractivity contribution < 1.29 is 17.9 Å². The van der Waals surface area contributed by atoms with Gasteiger partial charge in [-0.15, -0.1) is 0 Å². The van der Waals surface area contributed by atoms with Crippen molar-refractivity contribution in [1.29, 1.82) is 0 Å². The number of aromatic nitrogens is 1. The fourth-order valence-corrected chi connectivity index (χ4v) is 5.12. The van der Waals surface area contributed by atoms with Gasteiger partial charge in [0.15, 0.2) is 0 Å². The van der Waals surface area contributed by atoms with Crippen LogP contribution >= 0.6 is 0 Å². The molecule has 0 atom stereocenters. The molecule has 1 aromatic heterocycles. The molecule has 0 radical (unpaired) electrons. The quantitative estimate of drug-likeness (QED) is 0.850. The van der Waals surface area contributed by atoms with Gasteiger partial charge < -0.3 is 14.6 Å². The molecule has 3 rings (SSSR count). The Balaban J connectivity index is 1.91. The van der Waals surface area contributed by atoms with Crippen LogP contribution in [0.1, 0.15) is 35.4 Å². The minimum absolute atomic E-state index is 0.192. The summed E-state index contributed by atoms with van der Waals surface area (Å²) in [6.07, 6.45) is 2.78. The van der Waals surface area contributed by atoms with Crippen molar-refractivity contribution in [3.05, 3.63) is 41.7 Å². The summed E-state index contributed by atoms with van der Waals surface area (Å²) in [7, 11) is -0.381. The van der Waals surface area contributed by atoms with E-state index < -0.39 is 10.0 Å². The van der Waals surface area contributed by atoms with E-state index in [0.717, 1.165) is 19.3 Å². The van der Waals surface area contributed by atoms with Gasteiger partial charge in [-0.2, -0.15) is 4.31 Å². The van der Waals surface area contributed by atoms with E-state index in [4.69, 9.17) is 4.74 Å². The van der Waals surface area contributed by atoms with Crippen LogP contribution in [0.15, 0.2) is 35.2 Å². The lowest BCUT2D eigenvalue weighted by Gasteiger charge is -2.25. The molecule has 2 aromatic rings. The number of anilines is 1. The first kappa shape index (κ1) is 19.4. The van der Waals surface area contributed by atoms with Crippen LogP contribution in [0.25, 0.3) is 0 Å². The fraction of sp³-hybridized carbons (Fsp3) is 0.421. The highest BCUT2D eigenvalue weighted by Gasteiger charge is 2.30. The molecule has 1 aliphatic heterocycles. The Bertz CT molecular complexity index is 944. The van der Waals surface area contributed by atoms with Crippen LogP contribution in [0.5, 0.6) is 5.75 Å². The van der Waals surface area contributed by atoms with Crippen LogP contribution in [0.3, 0.4) is 0 Å². The molecule has 27 heavy (non-hydrogen) atoms. The minimum atomic E-state index is -3.61. The molecule has 1 aromatic carbocycles. The summed E-state index contributed by atoms with van der Waals surface area (Å²) in [6, 6.07) is 8.55. The van der Waals surface area contributed by atoms with Gasteiger partial charge in [0.2, 0.25) is 10.0 Å². The molecule has 0 bridgehead atoms. The number of nitrogens with one attached hydrogen (secondary N) is 1. The van der Waals surface area contributed by atoms with Crippen LogP contribution in [-0.2, 0) is 17.1 Å². The highest BCUT2D eigenvalue weighted by Crippen LogP contribution is 2.28. The monoisotopic (exact) mass is 391 g/mol. The van der Waals surface area contributed by atoms with E-state index in [-0.39, 0.29) is 16.5 Å². The summed E-state index contributed by atoms with van der Waals surface area (Å²) in [6.45, 7) is 2.77. The second kappa shape index (κ2) is 7.74. The number of para-hydroxylation sites is 2. The number of methoxy groups -OCH3 is 1. The van der Waals surface area contributed by atoms with Crippen molar-refractivity contribution >= 4 is 21.6 Å². The van der Waals surface area contributed by atoms with Gasteiger partial charge in [0, 0.05) is 25.8 Å². The normalized spacial score (nSPS) is 15.5. The molecule has 1 amide bonds. The van der Waals surface area contributed by atoms with Crippen LogP contribution in [0.2, 0.25) is 0 Å². The summed E-state index contributed by atoms with van der Waals surface area (Å²) in [5.74, 6) is 0.156. The number of benzene rings is 1. The summed E-state index contributed by atoms with van der Waals surface area (Å²) in [5, 5.41) is 2.80. The molecule has 146 valence electrons. The van der Waals surface area contributed by atoms with E-state index in [1.54, 1.807) is 36.7 Å². The summed E-state index contributed by atoms with van der Waals surface area (Å²) in [5.41, 5.74) is 1.36. The Morgan fingerprint density at radius 3 is 2.48 bits per heavy atom. The Kier molecular flexibility index (Phi) is 5.57. The number of sulfonamides is 1. The Labute approximate surface area is 160 Å². The highest BCUT2D eigenvalue weighted by atomic mass is 32.2. The number of carbonyl (C=O) groups excluding carboxylic acids is 1. The molecule has 1 saturated heterocycles. The van der Waals surface area contributed by atoms with Gasteiger partial charge in [-0.1, -0.05) is 18.6 Å². The van der Waals surface area contributed by atoms with E-state index in [0.29, 0.717) is 30.2 Å². The number of hydrogen-bond acceptors (Lipinski definition) is 4. The van der Waals surface area contributed by atoms with Crippen molar-refractivity contribution in [2.45, 2.75) is 31.1 Å². The maximum atomic E-state index is 13.0. The molecule has 1 N–H and O–H groups in total. The zero-order valence-corrected chi connectivity index (χ0v) is 16.7. The van der Waals surface area contributed by atoms with Crippen molar-refractivity contribution in [3.8, 4) is 5.75 Å². The van der Waals surface area contributed by atoms with Gasteiger partial charge in [0.1, 0.15) is 16.3 Å². The van der Waals surface area contributed by atoms with Crippen LogP contribution in [-0.4, -0.2) is 43.4 Å². The third kappa shape index (κ3) is 3.72. The van der Waals surface area contributed by atoms with Crippen LogP contribution in [0, 0.1) is 6.92 Å². The smallest absolute Gasteiger partial charge is 0.272 e. The van der Waals surface area contributed by atoms with Gasteiger partial charge in [-0.25, -0.2) is 8.42 Å². The topological polar surface area (TPSA) is 80.6 Å². The molecular weight excluding hydrogens is 366 g/mol. The standard InChI is InChI=1S/C19H25N3O4S/c1-14-18(27(24,25)22-11-7-4-8-12-22)13-16(21(14)2)19(23)20-15-9-5-6-10-17(15)26-3/h5-6,9-10,13H,4,7-8,11-12H2,1-3H3,(H,20,23). The number of nitrogens with zero attached hydrogens (tertiary/aromatic N) is 2. The van der Waals surface area contributed by atoms with Crippen molar-refractivity contribution in [2.75, 3.05) is 25.5 Å².